The van der Waals surface area contributed by atoms with Crippen LogP contribution in [0.15, 0.2) is 28.6 Å². The van der Waals surface area contributed by atoms with Gasteiger partial charge in [0.05, 0.1) is 5.69 Å². The molecule has 0 bridgehead atoms. The summed E-state index contributed by atoms with van der Waals surface area (Å²) < 4.78 is 26.9. The van der Waals surface area contributed by atoms with Crippen molar-refractivity contribution in [3.8, 4) is 11.3 Å². The summed E-state index contributed by atoms with van der Waals surface area (Å²) in [5.74, 6) is -0.808. The molecule has 0 spiro atoms. The Morgan fingerprint density at radius 1 is 1.20 bits per heavy atom. The van der Waals surface area contributed by atoms with Crippen molar-refractivity contribution >= 4 is 22.3 Å². The molecule has 2 heterocycles. The first-order chi connectivity index (χ1) is 9.74. The van der Waals surface area contributed by atoms with E-state index in [4.69, 9.17) is 0 Å². The number of anilines is 1. The maximum absolute atomic E-state index is 13.7. The van der Waals surface area contributed by atoms with Crippen LogP contribution in [0.1, 0.15) is 19.3 Å². The van der Waals surface area contributed by atoms with Gasteiger partial charge in [0.25, 0.3) is 0 Å². The third kappa shape index (κ3) is 2.70. The van der Waals surface area contributed by atoms with Crippen LogP contribution < -0.4 is 5.32 Å². The second-order valence-corrected chi connectivity index (χ2v) is 5.41. The third-order valence-electron chi connectivity index (χ3n) is 3.11. The fourth-order valence-electron chi connectivity index (χ4n) is 2.08. The first kappa shape index (κ1) is 13.2. The molecule has 3 nitrogen and oxygen atoms in total. The van der Waals surface area contributed by atoms with Gasteiger partial charge in [-0.3, -0.25) is 4.99 Å². The van der Waals surface area contributed by atoms with E-state index in [0.29, 0.717) is 10.8 Å². The molecular formula is C14H13F2N3S. The Bertz CT molecular complexity index is 652. The lowest BCUT2D eigenvalue weighted by molar-refractivity contribution is 0.511. The fraction of sp³-hybridized carbons (Fsp3) is 0.286. The first-order valence-electron chi connectivity index (χ1n) is 6.44. The molecule has 0 radical (unpaired) electrons. The maximum atomic E-state index is 13.7. The van der Waals surface area contributed by atoms with Gasteiger partial charge >= 0.3 is 0 Å². The Balaban J connectivity index is 1.83. The van der Waals surface area contributed by atoms with Crippen molar-refractivity contribution < 1.29 is 8.78 Å². The van der Waals surface area contributed by atoms with Gasteiger partial charge in [0.2, 0.25) is 0 Å². The number of hydrogen-bond acceptors (Lipinski definition) is 4. The van der Waals surface area contributed by atoms with Gasteiger partial charge in [-0.15, -0.1) is 11.3 Å². The Morgan fingerprint density at radius 3 is 2.90 bits per heavy atom. The van der Waals surface area contributed by atoms with E-state index < -0.39 is 11.6 Å². The van der Waals surface area contributed by atoms with Crippen LogP contribution in [-0.4, -0.2) is 17.4 Å². The van der Waals surface area contributed by atoms with Gasteiger partial charge in [0.15, 0.2) is 16.8 Å². The standard InChI is InChI=1S/C14H13F2N3S/c15-10-5-3-4-9(13(10)16)11-8-20-14(18-11)19-12-6-1-2-7-17-12/h3-5,8H,1-2,6-7H2,(H,17,18,19). The smallest absolute Gasteiger partial charge is 0.188 e. The van der Waals surface area contributed by atoms with Gasteiger partial charge in [0, 0.05) is 23.9 Å². The summed E-state index contributed by atoms with van der Waals surface area (Å²) in [7, 11) is 0. The number of thiazole rings is 1. The lowest BCUT2D eigenvalue weighted by atomic mass is 10.1. The van der Waals surface area contributed by atoms with Crippen LogP contribution in [0.3, 0.4) is 0 Å². The monoisotopic (exact) mass is 293 g/mol. The molecule has 3 rings (SSSR count). The highest BCUT2D eigenvalue weighted by atomic mass is 32.1. The van der Waals surface area contributed by atoms with E-state index in [2.05, 4.69) is 15.3 Å². The number of aromatic nitrogens is 1. The summed E-state index contributed by atoms with van der Waals surface area (Å²) in [6.45, 7) is 0.832. The number of benzene rings is 1. The van der Waals surface area contributed by atoms with Crippen molar-refractivity contribution in [1.29, 1.82) is 0 Å². The maximum Gasteiger partial charge on any atom is 0.188 e. The van der Waals surface area contributed by atoms with Crippen molar-refractivity contribution in [1.82, 2.24) is 4.98 Å². The molecule has 1 N–H and O–H groups in total. The zero-order chi connectivity index (χ0) is 13.9. The van der Waals surface area contributed by atoms with Crippen LogP contribution in [0.4, 0.5) is 13.9 Å². The van der Waals surface area contributed by atoms with Gasteiger partial charge < -0.3 is 5.32 Å². The molecule has 0 fully saturated rings. The Kier molecular flexibility index (Phi) is 3.73. The molecule has 1 aliphatic heterocycles. The van der Waals surface area contributed by atoms with E-state index >= 15 is 0 Å². The van der Waals surface area contributed by atoms with Crippen LogP contribution in [0.25, 0.3) is 11.3 Å². The second-order valence-electron chi connectivity index (χ2n) is 4.55. The second kappa shape index (κ2) is 5.66. The summed E-state index contributed by atoms with van der Waals surface area (Å²) in [5, 5.41) is 5.51. The summed E-state index contributed by atoms with van der Waals surface area (Å²) in [6, 6.07) is 4.10. The molecule has 1 aromatic carbocycles. The molecule has 0 saturated carbocycles. The lowest BCUT2D eigenvalue weighted by Gasteiger charge is -2.11. The van der Waals surface area contributed by atoms with E-state index in [1.54, 1.807) is 5.38 Å². The fourth-order valence-corrected chi connectivity index (χ4v) is 2.81. The molecule has 104 valence electrons. The van der Waals surface area contributed by atoms with Gasteiger partial charge in [-0.25, -0.2) is 13.8 Å². The molecular weight excluding hydrogens is 280 g/mol. The minimum Gasteiger partial charge on any atom is -0.320 e. The number of halogens is 2. The molecule has 0 amide bonds. The average molecular weight is 293 g/mol. The third-order valence-corrected chi connectivity index (χ3v) is 3.87. The van der Waals surface area contributed by atoms with Gasteiger partial charge in [-0.05, 0) is 25.0 Å². The highest BCUT2D eigenvalue weighted by Gasteiger charge is 2.14. The zero-order valence-electron chi connectivity index (χ0n) is 10.7. The van der Waals surface area contributed by atoms with E-state index in [1.807, 2.05) is 0 Å². The normalized spacial score (nSPS) is 15.0. The highest BCUT2D eigenvalue weighted by molar-refractivity contribution is 7.14. The minimum absolute atomic E-state index is 0.180. The van der Waals surface area contributed by atoms with Crippen LogP contribution in [-0.2, 0) is 0 Å². The molecule has 0 unspecified atom stereocenters. The lowest BCUT2D eigenvalue weighted by Crippen LogP contribution is -2.15. The Labute approximate surface area is 119 Å². The SMILES string of the molecule is Fc1cccc(-c2csc(NC3=NCCCC3)n2)c1F. The van der Waals surface area contributed by atoms with Crippen molar-refractivity contribution in [2.45, 2.75) is 19.3 Å². The summed E-state index contributed by atoms with van der Waals surface area (Å²) >= 11 is 1.36. The largest absolute Gasteiger partial charge is 0.320 e. The first-order valence-corrected chi connectivity index (χ1v) is 7.32. The number of aliphatic imine (C=N–C) groups is 1. The Hall–Kier alpha value is -1.82. The number of nitrogens with one attached hydrogen (secondary N) is 1. The van der Waals surface area contributed by atoms with Crippen LogP contribution in [0.5, 0.6) is 0 Å². The molecule has 0 atom stereocenters. The summed E-state index contributed by atoms with van der Waals surface area (Å²) in [5.41, 5.74) is 0.616. The van der Waals surface area contributed by atoms with Crippen molar-refractivity contribution in [2.24, 2.45) is 4.99 Å². The van der Waals surface area contributed by atoms with Crippen LogP contribution in [0, 0.1) is 11.6 Å². The van der Waals surface area contributed by atoms with E-state index in [9.17, 15) is 8.78 Å². The number of hydrogen-bond donors (Lipinski definition) is 1. The minimum atomic E-state index is -0.862. The van der Waals surface area contributed by atoms with E-state index in [0.717, 1.165) is 37.7 Å². The van der Waals surface area contributed by atoms with Gasteiger partial charge in [-0.2, -0.15) is 0 Å². The zero-order valence-corrected chi connectivity index (χ0v) is 11.5. The summed E-state index contributed by atoms with van der Waals surface area (Å²) in [4.78, 5) is 8.67. The van der Waals surface area contributed by atoms with E-state index in [-0.39, 0.29) is 5.56 Å². The number of rotatable bonds is 2. The predicted molar refractivity (Wildman–Crippen MR) is 77.2 cm³/mol. The molecule has 0 aliphatic carbocycles. The van der Waals surface area contributed by atoms with Crippen molar-refractivity contribution in [3.05, 3.63) is 35.2 Å². The predicted octanol–water partition coefficient (Wildman–Crippen LogP) is 4.08. The quantitative estimate of drug-likeness (QED) is 0.905. The topological polar surface area (TPSA) is 37.3 Å². The number of nitrogens with zero attached hydrogens (tertiary/aromatic N) is 2. The molecule has 6 heteroatoms. The highest BCUT2D eigenvalue weighted by Crippen LogP contribution is 2.28. The van der Waals surface area contributed by atoms with Crippen LogP contribution in [0.2, 0.25) is 0 Å². The van der Waals surface area contributed by atoms with Crippen LogP contribution >= 0.6 is 11.3 Å². The van der Waals surface area contributed by atoms with Crippen molar-refractivity contribution in [3.63, 3.8) is 0 Å². The molecule has 20 heavy (non-hydrogen) atoms. The molecule has 1 aliphatic rings. The molecule has 0 saturated heterocycles. The van der Waals surface area contributed by atoms with E-state index in [1.165, 1.54) is 23.5 Å². The molecule has 1 aromatic heterocycles. The average Bonchev–Trinajstić information content (AvgIpc) is 2.91. The van der Waals surface area contributed by atoms with Gasteiger partial charge in [-0.1, -0.05) is 6.07 Å². The number of amidine groups is 1. The Morgan fingerprint density at radius 2 is 2.10 bits per heavy atom. The van der Waals surface area contributed by atoms with Crippen molar-refractivity contribution in [2.75, 3.05) is 11.9 Å². The van der Waals surface area contributed by atoms with Gasteiger partial charge in [0.1, 0.15) is 5.84 Å². The molecule has 2 aromatic rings. The summed E-state index contributed by atoms with van der Waals surface area (Å²) in [6.07, 6.45) is 3.13.